The van der Waals surface area contributed by atoms with E-state index in [9.17, 15) is 0 Å². The largest absolute Gasteiger partial charge is 0.478 e. The first-order valence-electron chi connectivity index (χ1n) is 9.84. The van der Waals surface area contributed by atoms with Gasteiger partial charge in [-0.25, -0.2) is 4.99 Å². The third-order valence-electron chi connectivity index (χ3n) is 5.66. The summed E-state index contributed by atoms with van der Waals surface area (Å²) in [6.07, 6.45) is 3.77. The van der Waals surface area contributed by atoms with Crippen molar-refractivity contribution in [2.24, 2.45) is 16.8 Å². The van der Waals surface area contributed by atoms with E-state index in [0.29, 0.717) is 23.5 Å². The SMILES string of the molecule is CC(C)[C@H]1COC(C2CCC[C@@H]2P(c2ccccc2)c2ccccc2)=N1. The molecule has 3 heteroatoms. The van der Waals surface area contributed by atoms with E-state index in [0.717, 1.165) is 12.5 Å². The number of ether oxygens (including phenoxy) is 1. The Morgan fingerprint density at radius 3 is 2.08 bits per heavy atom. The van der Waals surface area contributed by atoms with Gasteiger partial charge in [0.1, 0.15) is 6.61 Å². The van der Waals surface area contributed by atoms with E-state index in [1.54, 1.807) is 0 Å². The molecule has 1 unspecified atom stereocenters. The molecule has 0 saturated heterocycles. The van der Waals surface area contributed by atoms with Crippen molar-refractivity contribution < 1.29 is 4.74 Å². The first kappa shape index (κ1) is 17.7. The summed E-state index contributed by atoms with van der Waals surface area (Å²) >= 11 is 0. The Morgan fingerprint density at radius 1 is 0.923 bits per heavy atom. The third kappa shape index (κ3) is 3.58. The topological polar surface area (TPSA) is 21.6 Å². The second-order valence-electron chi connectivity index (χ2n) is 7.74. The highest BCUT2D eigenvalue weighted by molar-refractivity contribution is 7.73. The van der Waals surface area contributed by atoms with Gasteiger partial charge in [0.2, 0.25) is 0 Å². The van der Waals surface area contributed by atoms with Gasteiger partial charge in [-0.05, 0) is 42.9 Å². The number of hydrogen-bond acceptors (Lipinski definition) is 2. The van der Waals surface area contributed by atoms with Crippen molar-refractivity contribution in [3.8, 4) is 0 Å². The normalized spacial score (nSPS) is 25.5. The molecule has 1 heterocycles. The first-order valence-corrected chi connectivity index (χ1v) is 11.2. The van der Waals surface area contributed by atoms with E-state index in [2.05, 4.69) is 74.5 Å². The van der Waals surface area contributed by atoms with Crippen LogP contribution in [0.2, 0.25) is 0 Å². The van der Waals surface area contributed by atoms with E-state index in [4.69, 9.17) is 9.73 Å². The lowest BCUT2D eigenvalue weighted by Crippen LogP contribution is -2.29. The lowest BCUT2D eigenvalue weighted by Gasteiger charge is -2.29. The Morgan fingerprint density at radius 2 is 1.54 bits per heavy atom. The van der Waals surface area contributed by atoms with Crippen molar-refractivity contribution in [1.82, 2.24) is 0 Å². The maximum absolute atomic E-state index is 6.12. The lowest BCUT2D eigenvalue weighted by atomic mass is 10.1. The number of aliphatic imine (C=N–C) groups is 1. The fourth-order valence-corrected chi connectivity index (χ4v) is 7.33. The van der Waals surface area contributed by atoms with Gasteiger partial charge in [-0.2, -0.15) is 0 Å². The van der Waals surface area contributed by atoms with Crippen molar-refractivity contribution in [2.45, 2.75) is 44.8 Å². The van der Waals surface area contributed by atoms with E-state index < -0.39 is 7.92 Å². The predicted molar refractivity (Wildman–Crippen MR) is 112 cm³/mol. The van der Waals surface area contributed by atoms with Crippen molar-refractivity contribution in [3.05, 3.63) is 60.7 Å². The molecular formula is C23H28NOP. The summed E-state index contributed by atoms with van der Waals surface area (Å²) in [6.45, 7) is 5.26. The minimum atomic E-state index is -0.398. The van der Waals surface area contributed by atoms with E-state index in [-0.39, 0.29) is 0 Å². The van der Waals surface area contributed by atoms with Gasteiger partial charge in [-0.3, -0.25) is 0 Å². The molecule has 0 radical (unpaired) electrons. The van der Waals surface area contributed by atoms with Crippen LogP contribution in [0.4, 0.5) is 0 Å². The highest BCUT2D eigenvalue weighted by Gasteiger charge is 2.40. The van der Waals surface area contributed by atoms with Crippen LogP contribution in [0.15, 0.2) is 65.7 Å². The van der Waals surface area contributed by atoms with Gasteiger partial charge in [0.25, 0.3) is 0 Å². The Bertz CT molecular complexity index is 704. The molecule has 1 aliphatic carbocycles. The Hall–Kier alpha value is -1.66. The highest BCUT2D eigenvalue weighted by atomic mass is 31.1. The summed E-state index contributed by atoms with van der Waals surface area (Å²) in [5.41, 5.74) is 0.625. The van der Waals surface area contributed by atoms with Gasteiger partial charge in [-0.1, -0.05) is 80.9 Å². The van der Waals surface area contributed by atoms with Crippen LogP contribution in [0.3, 0.4) is 0 Å². The smallest absolute Gasteiger partial charge is 0.187 e. The maximum atomic E-state index is 6.12. The molecule has 2 aliphatic rings. The molecule has 2 aromatic rings. The fourth-order valence-electron chi connectivity index (χ4n) is 4.20. The highest BCUT2D eigenvalue weighted by Crippen LogP contribution is 2.51. The Labute approximate surface area is 158 Å². The summed E-state index contributed by atoms with van der Waals surface area (Å²) in [7, 11) is -0.398. The lowest BCUT2D eigenvalue weighted by molar-refractivity contribution is 0.277. The molecule has 4 rings (SSSR count). The summed E-state index contributed by atoms with van der Waals surface area (Å²) < 4.78 is 6.12. The zero-order chi connectivity index (χ0) is 17.9. The van der Waals surface area contributed by atoms with E-state index in [1.807, 2.05) is 0 Å². The van der Waals surface area contributed by atoms with Gasteiger partial charge in [0.05, 0.1) is 6.04 Å². The molecule has 26 heavy (non-hydrogen) atoms. The molecule has 0 spiro atoms. The van der Waals surface area contributed by atoms with Crippen LogP contribution >= 0.6 is 7.92 Å². The van der Waals surface area contributed by atoms with Crippen LogP contribution in [-0.2, 0) is 4.74 Å². The van der Waals surface area contributed by atoms with Crippen molar-refractivity contribution >= 4 is 24.4 Å². The van der Waals surface area contributed by atoms with Crippen LogP contribution in [0.25, 0.3) is 0 Å². The molecule has 0 bridgehead atoms. The monoisotopic (exact) mass is 365 g/mol. The third-order valence-corrected chi connectivity index (χ3v) is 8.65. The van der Waals surface area contributed by atoms with Crippen molar-refractivity contribution in [1.29, 1.82) is 0 Å². The second kappa shape index (κ2) is 7.92. The average molecular weight is 365 g/mol. The van der Waals surface area contributed by atoms with Crippen molar-refractivity contribution in [3.63, 3.8) is 0 Å². The molecule has 1 aliphatic heterocycles. The van der Waals surface area contributed by atoms with E-state index >= 15 is 0 Å². The van der Waals surface area contributed by atoms with Gasteiger partial charge in [0, 0.05) is 5.92 Å². The summed E-state index contributed by atoms with van der Waals surface area (Å²) in [5.74, 6) is 2.08. The van der Waals surface area contributed by atoms with Crippen LogP contribution < -0.4 is 10.6 Å². The maximum Gasteiger partial charge on any atom is 0.187 e. The quantitative estimate of drug-likeness (QED) is 0.701. The van der Waals surface area contributed by atoms with Gasteiger partial charge in [-0.15, -0.1) is 0 Å². The molecule has 0 aromatic heterocycles. The summed E-state index contributed by atoms with van der Waals surface area (Å²) in [5, 5.41) is 2.95. The molecule has 136 valence electrons. The predicted octanol–water partition coefficient (Wildman–Crippen LogP) is 4.74. The molecule has 2 nitrogen and oxygen atoms in total. The fraction of sp³-hybridized carbons (Fsp3) is 0.435. The summed E-state index contributed by atoms with van der Waals surface area (Å²) in [6, 6.07) is 22.5. The van der Waals surface area contributed by atoms with Gasteiger partial charge < -0.3 is 4.74 Å². The zero-order valence-electron chi connectivity index (χ0n) is 15.7. The molecular weight excluding hydrogens is 337 g/mol. The van der Waals surface area contributed by atoms with Gasteiger partial charge >= 0.3 is 0 Å². The number of hydrogen-bond donors (Lipinski definition) is 0. The van der Waals surface area contributed by atoms with Gasteiger partial charge in [0.15, 0.2) is 5.90 Å². The van der Waals surface area contributed by atoms with Crippen LogP contribution in [0.1, 0.15) is 33.1 Å². The number of benzene rings is 2. The molecule has 0 N–H and O–H groups in total. The minimum Gasteiger partial charge on any atom is -0.478 e. The Balaban J connectivity index is 1.68. The molecule has 1 saturated carbocycles. The van der Waals surface area contributed by atoms with Crippen LogP contribution in [-0.4, -0.2) is 24.2 Å². The molecule has 2 aromatic carbocycles. The van der Waals surface area contributed by atoms with E-state index in [1.165, 1.54) is 29.9 Å². The van der Waals surface area contributed by atoms with Crippen molar-refractivity contribution in [2.75, 3.05) is 6.61 Å². The molecule has 3 atom stereocenters. The molecule has 1 fully saturated rings. The Kier molecular flexibility index (Phi) is 5.41. The standard InChI is InChI=1S/C23H28NOP/c1-17(2)21-16-25-23(24-21)20-14-9-15-22(20)26(18-10-5-3-6-11-18)19-12-7-4-8-13-19/h3-8,10-13,17,20-22H,9,14-16H2,1-2H3/t20?,21-,22+/m1/s1. The first-order chi connectivity index (χ1) is 12.7. The number of rotatable bonds is 5. The van der Waals surface area contributed by atoms with Crippen LogP contribution in [0.5, 0.6) is 0 Å². The summed E-state index contributed by atoms with van der Waals surface area (Å²) in [4.78, 5) is 4.99. The molecule has 0 amide bonds. The second-order valence-corrected chi connectivity index (χ2v) is 10.2. The minimum absolute atomic E-state index is 0.339. The number of nitrogens with zero attached hydrogens (tertiary/aromatic N) is 1. The van der Waals surface area contributed by atoms with Crippen LogP contribution in [0, 0.1) is 11.8 Å². The zero-order valence-corrected chi connectivity index (χ0v) is 16.6. The average Bonchev–Trinajstić information content (AvgIpc) is 3.33.